The van der Waals surface area contributed by atoms with Crippen molar-refractivity contribution < 1.29 is 22.7 Å². The predicted octanol–water partition coefficient (Wildman–Crippen LogP) is 4.45. The molecule has 1 fully saturated rings. The standard InChI is InChI=1S/C21H21F4N3O/c1-11-8-26-9-12(2)20(11,29)15-4-3-13(7-16(15)21(23,24)25)14-5-6-27-19-18(14)17(22)10-28-19/h3-7,10-12,26,29H,8-9H2,1-2H3,(H,27,28)/t11-,12+,20?. The molecule has 3 N–H and O–H groups in total. The molecule has 1 saturated heterocycles. The van der Waals surface area contributed by atoms with Gasteiger partial charge in [-0.3, -0.25) is 0 Å². The van der Waals surface area contributed by atoms with Crippen molar-refractivity contribution >= 4 is 11.0 Å². The van der Waals surface area contributed by atoms with Crippen LogP contribution in [0.5, 0.6) is 0 Å². The largest absolute Gasteiger partial charge is 0.416 e. The maximum absolute atomic E-state index is 14.2. The van der Waals surface area contributed by atoms with Gasteiger partial charge in [-0.15, -0.1) is 0 Å². The van der Waals surface area contributed by atoms with Crippen molar-refractivity contribution in [2.24, 2.45) is 11.8 Å². The summed E-state index contributed by atoms with van der Waals surface area (Å²) in [6.07, 6.45) is -2.13. The smallest absolute Gasteiger partial charge is 0.384 e. The van der Waals surface area contributed by atoms with Gasteiger partial charge < -0.3 is 15.4 Å². The lowest BCUT2D eigenvalue weighted by Gasteiger charge is -2.45. The van der Waals surface area contributed by atoms with Crippen molar-refractivity contribution in [3.63, 3.8) is 0 Å². The van der Waals surface area contributed by atoms with Gasteiger partial charge in [0, 0.05) is 37.3 Å². The van der Waals surface area contributed by atoms with Gasteiger partial charge in [0.05, 0.1) is 16.6 Å². The first kappa shape index (κ1) is 19.8. The molecule has 3 heterocycles. The number of aromatic amines is 1. The lowest BCUT2D eigenvalue weighted by Crippen LogP contribution is -2.53. The zero-order valence-electron chi connectivity index (χ0n) is 15.9. The zero-order valence-corrected chi connectivity index (χ0v) is 15.9. The third-order valence-electron chi connectivity index (χ3n) is 6.00. The quantitative estimate of drug-likeness (QED) is 0.550. The fraction of sp³-hybridized carbons (Fsp3) is 0.381. The Kier molecular flexibility index (Phi) is 4.66. The number of piperidine rings is 1. The fourth-order valence-corrected chi connectivity index (χ4v) is 4.40. The Morgan fingerprint density at radius 1 is 1.14 bits per heavy atom. The first-order valence-corrected chi connectivity index (χ1v) is 9.40. The van der Waals surface area contributed by atoms with Gasteiger partial charge in [0.25, 0.3) is 0 Å². The zero-order chi connectivity index (χ0) is 21.0. The molecule has 8 heteroatoms. The fourth-order valence-electron chi connectivity index (χ4n) is 4.40. The van der Waals surface area contributed by atoms with Crippen LogP contribution in [0.15, 0.2) is 36.7 Å². The highest BCUT2D eigenvalue weighted by Gasteiger charge is 2.48. The van der Waals surface area contributed by atoms with Crippen LogP contribution in [0.4, 0.5) is 17.6 Å². The Bertz CT molecular complexity index is 1050. The van der Waals surface area contributed by atoms with E-state index in [-0.39, 0.29) is 22.2 Å². The Hall–Kier alpha value is -2.45. The molecule has 0 spiro atoms. The van der Waals surface area contributed by atoms with Crippen molar-refractivity contribution in [3.8, 4) is 11.1 Å². The number of rotatable bonds is 2. The van der Waals surface area contributed by atoms with Crippen molar-refractivity contribution in [1.29, 1.82) is 0 Å². The number of aliphatic hydroxyl groups is 1. The molecule has 154 valence electrons. The number of H-pyrrole nitrogens is 1. The van der Waals surface area contributed by atoms with E-state index >= 15 is 0 Å². The molecule has 1 aromatic carbocycles. The molecule has 29 heavy (non-hydrogen) atoms. The van der Waals surface area contributed by atoms with E-state index in [4.69, 9.17) is 0 Å². The van der Waals surface area contributed by atoms with Crippen LogP contribution in [-0.2, 0) is 11.8 Å². The second-order valence-electron chi connectivity index (χ2n) is 7.76. The molecule has 0 radical (unpaired) electrons. The van der Waals surface area contributed by atoms with Crippen LogP contribution < -0.4 is 5.32 Å². The number of alkyl halides is 3. The predicted molar refractivity (Wildman–Crippen MR) is 102 cm³/mol. The van der Waals surface area contributed by atoms with Gasteiger partial charge in [0.2, 0.25) is 0 Å². The summed E-state index contributed by atoms with van der Waals surface area (Å²) < 4.78 is 56.3. The summed E-state index contributed by atoms with van der Waals surface area (Å²) in [6, 6.07) is 5.31. The Morgan fingerprint density at radius 3 is 2.48 bits per heavy atom. The molecule has 3 atom stereocenters. The molecule has 0 aliphatic carbocycles. The Morgan fingerprint density at radius 2 is 1.83 bits per heavy atom. The molecule has 0 saturated carbocycles. The molecule has 3 aromatic rings. The van der Waals surface area contributed by atoms with Crippen LogP contribution in [-0.4, -0.2) is 28.2 Å². The third-order valence-corrected chi connectivity index (χ3v) is 6.00. The maximum Gasteiger partial charge on any atom is 0.416 e. The second-order valence-corrected chi connectivity index (χ2v) is 7.76. The van der Waals surface area contributed by atoms with Crippen molar-refractivity contribution in [1.82, 2.24) is 15.3 Å². The number of nitrogens with zero attached hydrogens (tertiary/aromatic N) is 1. The molecular weight excluding hydrogens is 386 g/mol. The third kappa shape index (κ3) is 3.11. The molecule has 1 aliphatic rings. The summed E-state index contributed by atoms with van der Waals surface area (Å²) in [5, 5.41) is 14.6. The molecule has 1 aliphatic heterocycles. The average molecular weight is 407 g/mol. The normalized spacial score (nSPS) is 25.5. The molecule has 2 aromatic heterocycles. The lowest BCUT2D eigenvalue weighted by atomic mass is 9.69. The van der Waals surface area contributed by atoms with Crippen LogP contribution in [0.25, 0.3) is 22.2 Å². The monoisotopic (exact) mass is 407 g/mol. The van der Waals surface area contributed by atoms with E-state index in [1.165, 1.54) is 24.4 Å². The lowest BCUT2D eigenvalue weighted by molar-refractivity contribution is -0.145. The van der Waals surface area contributed by atoms with Crippen LogP contribution >= 0.6 is 0 Å². The highest BCUT2D eigenvalue weighted by Crippen LogP contribution is 2.46. The number of fused-ring (bicyclic) bond motifs is 1. The Labute approximate surface area is 165 Å². The van der Waals surface area contributed by atoms with Crippen molar-refractivity contribution in [2.75, 3.05) is 13.1 Å². The summed E-state index contributed by atoms with van der Waals surface area (Å²) in [6.45, 7) is 4.30. The highest BCUT2D eigenvalue weighted by molar-refractivity contribution is 5.93. The van der Waals surface area contributed by atoms with E-state index in [1.807, 2.05) is 0 Å². The Balaban J connectivity index is 1.94. The van der Waals surface area contributed by atoms with Crippen LogP contribution in [0.1, 0.15) is 25.0 Å². The average Bonchev–Trinajstić information content (AvgIpc) is 3.06. The van der Waals surface area contributed by atoms with Crippen molar-refractivity contribution in [2.45, 2.75) is 25.6 Å². The van der Waals surface area contributed by atoms with E-state index in [2.05, 4.69) is 15.3 Å². The van der Waals surface area contributed by atoms with Crippen LogP contribution in [0.2, 0.25) is 0 Å². The van der Waals surface area contributed by atoms with E-state index in [0.717, 1.165) is 12.3 Å². The molecule has 4 nitrogen and oxygen atoms in total. The minimum Gasteiger partial charge on any atom is -0.384 e. The highest BCUT2D eigenvalue weighted by atomic mass is 19.4. The minimum atomic E-state index is -4.67. The number of hydrogen-bond donors (Lipinski definition) is 3. The number of pyridine rings is 1. The SMILES string of the molecule is C[C@@H]1CNC[C@H](C)C1(O)c1ccc(-c2ccnc3[nH]cc(F)c23)cc1C(F)(F)F. The molecule has 0 amide bonds. The van der Waals surface area contributed by atoms with E-state index in [9.17, 15) is 22.7 Å². The van der Waals surface area contributed by atoms with Crippen LogP contribution in [0, 0.1) is 17.7 Å². The summed E-state index contributed by atoms with van der Waals surface area (Å²) in [5.41, 5.74) is -1.89. The summed E-state index contributed by atoms with van der Waals surface area (Å²) in [7, 11) is 0. The van der Waals surface area contributed by atoms with Crippen LogP contribution in [0.3, 0.4) is 0 Å². The number of halogens is 4. The van der Waals surface area contributed by atoms with Gasteiger partial charge in [0.15, 0.2) is 5.82 Å². The van der Waals surface area contributed by atoms with Gasteiger partial charge >= 0.3 is 6.18 Å². The van der Waals surface area contributed by atoms with E-state index < -0.39 is 35.0 Å². The molecule has 4 rings (SSSR count). The number of hydrogen-bond acceptors (Lipinski definition) is 3. The van der Waals surface area contributed by atoms with Gasteiger partial charge in [-0.2, -0.15) is 13.2 Å². The summed E-state index contributed by atoms with van der Waals surface area (Å²) >= 11 is 0. The number of aromatic nitrogens is 2. The molecule has 1 unspecified atom stereocenters. The van der Waals surface area contributed by atoms with Gasteiger partial charge in [-0.1, -0.05) is 26.0 Å². The summed E-state index contributed by atoms with van der Waals surface area (Å²) in [4.78, 5) is 6.68. The topological polar surface area (TPSA) is 60.9 Å². The summed E-state index contributed by atoms with van der Waals surface area (Å²) in [5.74, 6) is -1.40. The maximum atomic E-state index is 14.2. The van der Waals surface area contributed by atoms with E-state index in [0.29, 0.717) is 18.7 Å². The minimum absolute atomic E-state index is 0.135. The number of nitrogens with one attached hydrogen (secondary N) is 2. The number of benzene rings is 1. The first-order valence-electron chi connectivity index (χ1n) is 9.40. The van der Waals surface area contributed by atoms with Crippen molar-refractivity contribution in [3.05, 3.63) is 53.6 Å². The molecule has 0 bridgehead atoms. The van der Waals surface area contributed by atoms with Gasteiger partial charge in [0.1, 0.15) is 5.65 Å². The van der Waals surface area contributed by atoms with E-state index in [1.54, 1.807) is 13.8 Å². The van der Waals surface area contributed by atoms with Gasteiger partial charge in [-0.25, -0.2) is 9.37 Å². The molecular formula is C21H21F4N3O. The van der Waals surface area contributed by atoms with Gasteiger partial charge in [-0.05, 0) is 28.8 Å². The first-order chi connectivity index (χ1) is 13.6. The second kappa shape index (κ2) is 6.81.